The molecule has 0 unspecified atom stereocenters. The monoisotopic (exact) mass is 222 g/mol. The van der Waals surface area contributed by atoms with Crippen LogP contribution in [0.25, 0.3) is 10.9 Å². The number of carbonyl (C=O) groups is 1. The van der Waals surface area contributed by atoms with Gasteiger partial charge in [-0.15, -0.1) is 0 Å². The number of aromatic nitrogens is 2. The van der Waals surface area contributed by atoms with Crippen molar-refractivity contribution in [2.24, 2.45) is 0 Å². The number of carboxylic acid groups (broad SMARTS) is 1. The summed E-state index contributed by atoms with van der Waals surface area (Å²) in [6.07, 6.45) is 0. The zero-order valence-electron chi connectivity index (χ0n) is 8.27. The van der Waals surface area contributed by atoms with Crippen LogP contribution in [0.5, 0.6) is 5.88 Å². The highest BCUT2D eigenvalue weighted by Gasteiger charge is 2.15. The van der Waals surface area contributed by atoms with Crippen LogP contribution in [0.3, 0.4) is 0 Å². The van der Waals surface area contributed by atoms with Gasteiger partial charge in [-0.3, -0.25) is 0 Å². The molecule has 0 fully saturated rings. The van der Waals surface area contributed by atoms with Crippen molar-refractivity contribution in [3.05, 3.63) is 29.8 Å². The molecule has 0 aliphatic heterocycles. The van der Waals surface area contributed by atoms with E-state index in [9.17, 15) is 9.18 Å². The van der Waals surface area contributed by atoms with E-state index in [-0.39, 0.29) is 16.8 Å². The molecule has 1 N–H and O–H groups in total. The smallest absolute Gasteiger partial charge is 0.374 e. The van der Waals surface area contributed by atoms with Crippen molar-refractivity contribution in [3.8, 4) is 5.88 Å². The molecule has 0 amide bonds. The van der Waals surface area contributed by atoms with Crippen LogP contribution in [0.2, 0.25) is 0 Å². The second kappa shape index (κ2) is 3.73. The van der Waals surface area contributed by atoms with Crippen LogP contribution in [-0.4, -0.2) is 28.2 Å². The SMILES string of the molecule is COc1nc(C(=O)O)nc2cccc(F)c12. The number of halogens is 1. The molecule has 0 atom stereocenters. The molecule has 0 bridgehead atoms. The molecular weight excluding hydrogens is 215 g/mol. The van der Waals surface area contributed by atoms with Gasteiger partial charge in [0.15, 0.2) is 0 Å². The Balaban J connectivity index is 2.84. The summed E-state index contributed by atoms with van der Waals surface area (Å²) in [7, 11) is 1.29. The average molecular weight is 222 g/mol. The van der Waals surface area contributed by atoms with Gasteiger partial charge in [-0.25, -0.2) is 14.2 Å². The Morgan fingerprint density at radius 3 is 2.81 bits per heavy atom. The number of ether oxygens (including phenoxy) is 1. The van der Waals surface area contributed by atoms with Crippen LogP contribution >= 0.6 is 0 Å². The highest BCUT2D eigenvalue weighted by molar-refractivity contribution is 5.90. The minimum atomic E-state index is -1.29. The van der Waals surface area contributed by atoms with Crippen molar-refractivity contribution < 1.29 is 19.0 Å². The zero-order chi connectivity index (χ0) is 11.7. The summed E-state index contributed by atoms with van der Waals surface area (Å²) in [6.45, 7) is 0. The molecule has 1 aromatic carbocycles. The molecule has 0 spiro atoms. The fourth-order valence-corrected chi connectivity index (χ4v) is 1.35. The summed E-state index contributed by atoms with van der Waals surface area (Å²) in [6, 6.07) is 4.17. The number of hydrogen-bond donors (Lipinski definition) is 1. The first kappa shape index (κ1) is 10.3. The summed E-state index contributed by atoms with van der Waals surface area (Å²) in [5.41, 5.74) is 0.198. The van der Waals surface area contributed by atoms with Crippen molar-refractivity contribution in [2.45, 2.75) is 0 Å². The van der Waals surface area contributed by atoms with Gasteiger partial charge in [0.25, 0.3) is 0 Å². The molecule has 2 rings (SSSR count). The van der Waals surface area contributed by atoms with Gasteiger partial charge in [0.1, 0.15) is 5.82 Å². The molecule has 5 nitrogen and oxygen atoms in total. The number of aromatic carboxylic acids is 1. The first-order chi connectivity index (χ1) is 7.63. The van der Waals surface area contributed by atoms with Gasteiger partial charge < -0.3 is 9.84 Å². The Bertz CT molecular complexity index is 571. The van der Waals surface area contributed by atoms with E-state index in [2.05, 4.69) is 9.97 Å². The topological polar surface area (TPSA) is 72.3 Å². The summed E-state index contributed by atoms with van der Waals surface area (Å²) in [5.74, 6) is -2.34. The number of fused-ring (bicyclic) bond motifs is 1. The molecule has 1 aromatic heterocycles. The minimum absolute atomic E-state index is 0.0787. The molecule has 82 valence electrons. The van der Waals surface area contributed by atoms with Crippen LogP contribution in [0.4, 0.5) is 4.39 Å². The van der Waals surface area contributed by atoms with E-state index >= 15 is 0 Å². The van der Waals surface area contributed by atoms with Gasteiger partial charge in [-0.1, -0.05) is 6.07 Å². The minimum Gasteiger partial charge on any atom is -0.480 e. The Labute approximate surface area is 89.5 Å². The van der Waals surface area contributed by atoms with Crippen molar-refractivity contribution in [3.63, 3.8) is 0 Å². The van der Waals surface area contributed by atoms with Gasteiger partial charge in [-0.2, -0.15) is 4.98 Å². The first-order valence-corrected chi connectivity index (χ1v) is 4.37. The third-order valence-corrected chi connectivity index (χ3v) is 2.02. The Morgan fingerprint density at radius 1 is 1.44 bits per heavy atom. The van der Waals surface area contributed by atoms with Crippen LogP contribution < -0.4 is 4.74 Å². The predicted molar refractivity (Wildman–Crippen MR) is 53.0 cm³/mol. The average Bonchev–Trinajstić information content (AvgIpc) is 2.27. The molecule has 0 aliphatic rings. The molecule has 0 aliphatic carbocycles. The summed E-state index contributed by atoms with van der Waals surface area (Å²) in [5, 5.41) is 8.84. The number of rotatable bonds is 2. The highest BCUT2D eigenvalue weighted by Crippen LogP contribution is 2.24. The van der Waals surface area contributed by atoms with E-state index < -0.39 is 17.6 Å². The van der Waals surface area contributed by atoms with Crippen LogP contribution in [-0.2, 0) is 0 Å². The van der Waals surface area contributed by atoms with Crippen LogP contribution in [0.15, 0.2) is 18.2 Å². The number of hydrogen-bond acceptors (Lipinski definition) is 4. The molecular formula is C10H7FN2O3. The van der Waals surface area contributed by atoms with Crippen molar-refractivity contribution in [2.75, 3.05) is 7.11 Å². The lowest BCUT2D eigenvalue weighted by Gasteiger charge is -2.05. The maximum Gasteiger partial charge on any atom is 0.374 e. The number of carboxylic acids is 1. The molecule has 1 heterocycles. The lowest BCUT2D eigenvalue weighted by atomic mass is 10.2. The van der Waals surface area contributed by atoms with E-state index in [0.717, 1.165) is 0 Å². The maximum absolute atomic E-state index is 13.5. The van der Waals surface area contributed by atoms with E-state index in [1.165, 1.54) is 25.3 Å². The van der Waals surface area contributed by atoms with Gasteiger partial charge in [0.05, 0.1) is 18.0 Å². The largest absolute Gasteiger partial charge is 0.480 e. The Morgan fingerprint density at radius 2 is 2.19 bits per heavy atom. The van der Waals surface area contributed by atoms with Crippen LogP contribution in [0.1, 0.15) is 10.6 Å². The van der Waals surface area contributed by atoms with E-state index in [4.69, 9.17) is 9.84 Å². The van der Waals surface area contributed by atoms with Gasteiger partial charge >= 0.3 is 5.97 Å². The van der Waals surface area contributed by atoms with E-state index in [1.54, 1.807) is 0 Å². The molecule has 0 radical (unpaired) electrons. The van der Waals surface area contributed by atoms with Gasteiger partial charge in [-0.05, 0) is 12.1 Å². The van der Waals surface area contributed by atoms with Crippen molar-refractivity contribution >= 4 is 16.9 Å². The normalized spacial score (nSPS) is 10.4. The standard InChI is InChI=1S/C10H7FN2O3/c1-16-9-7-5(11)3-2-4-6(7)12-8(13-9)10(14)15/h2-4H,1H3,(H,14,15). The van der Waals surface area contributed by atoms with Gasteiger partial charge in [0, 0.05) is 0 Å². The quantitative estimate of drug-likeness (QED) is 0.833. The van der Waals surface area contributed by atoms with Crippen LogP contribution in [0, 0.1) is 5.82 Å². The number of methoxy groups -OCH3 is 1. The third kappa shape index (κ3) is 1.54. The molecule has 16 heavy (non-hydrogen) atoms. The maximum atomic E-state index is 13.5. The molecule has 0 saturated carbocycles. The van der Waals surface area contributed by atoms with E-state index in [1.807, 2.05) is 0 Å². The Kier molecular flexibility index (Phi) is 2.40. The second-order valence-corrected chi connectivity index (χ2v) is 3.00. The molecule has 0 saturated heterocycles. The predicted octanol–water partition coefficient (Wildman–Crippen LogP) is 1.48. The Hall–Kier alpha value is -2.24. The lowest BCUT2D eigenvalue weighted by molar-refractivity contribution is 0.0683. The lowest BCUT2D eigenvalue weighted by Crippen LogP contribution is -2.06. The zero-order valence-corrected chi connectivity index (χ0v) is 8.27. The molecule has 6 heteroatoms. The van der Waals surface area contributed by atoms with Crippen molar-refractivity contribution in [1.82, 2.24) is 9.97 Å². The summed E-state index contributed by atoms with van der Waals surface area (Å²) in [4.78, 5) is 18.0. The fourth-order valence-electron chi connectivity index (χ4n) is 1.35. The van der Waals surface area contributed by atoms with Gasteiger partial charge in [0.2, 0.25) is 11.7 Å². The molecule has 2 aromatic rings. The summed E-state index contributed by atoms with van der Waals surface area (Å²) < 4.78 is 18.3. The fraction of sp³-hybridized carbons (Fsp3) is 0.100. The number of nitrogens with zero attached hydrogens (tertiary/aromatic N) is 2. The van der Waals surface area contributed by atoms with Crippen molar-refractivity contribution in [1.29, 1.82) is 0 Å². The second-order valence-electron chi connectivity index (χ2n) is 3.00. The summed E-state index contributed by atoms with van der Waals surface area (Å²) >= 11 is 0. The third-order valence-electron chi connectivity index (χ3n) is 2.02. The number of benzene rings is 1. The first-order valence-electron chi connectivity index (χ1n) is 4.37. The highest BCUT2D eigenvalue weighted by atomic mass is 19.1. The van der Waals surface area contributed by atoms with E-state index in [0.29, 0.717) is 0 Å².